The second-order valence-corrected chi connectivity index (χ2v) is 8.09. The van der Waals surface area contributed by atoms with Gasteiger partial charge in [0.15, 0.2) is 6.54 Å². The van der Waals surface area contributed by atoms with Gasteiger partial charge in [0.1, 0.15) is 18.2 Å². The summed E-state index contributed by atoms with van der Waals surface area (Å²) in [6.45, 7) is 11.6. The van der Waals surface area contributed by atoms with E-state index in [2.05, 4.69) is 39.1 Å². The van der Waals surface area contributed by atoms with Crippen LogP contribution in [0.5, 0.6) is 0 Å². The van der Waals surface area contributed by atoms with Crippen molar-refractivity contribution in [3.05, 3.63) is 0 Å². The molecule has 2 heterocycles. The molecule has 4 nitrogen and oxygen atoms in total. The molecular weight excluding hydrogens is 262 g/mol. The zero-order valence-corrected chi connectivity index (χ0v) is 14.6. The van der Waals surface area contributed by atoms with E-state index in [-0.39, 0.29) is 5.60 Å². The van der Waals surface area contributed by atoms with Crippen molar-refractivity contribution in [2.45, 2.75) is 45.1 Å². The fourth-order valence-electron chi connectivity index (χ4n) is 4.00. The van der Waals surface area contributed by atoms with Crippen LogP contribution in [0.15, 0.2) is 0 Å². The van der Waals surface area contributed by atoms with Gasteiger partial charge < -0.3 is 14.5 Å². The highest BCUT2D eigenvalue weighted by Crippen LogP contribution is 2.36. The Balaban J connectivity index is 2.01. The van der Waals surface area contributed by atoms with Gasteiger partial charge in [0.2, 0.25) is 0 Å². The van der Waals surface area contributed by atoms with Crippen molar-refractivity contribution in [1.29, 1.82) is 0 Å². The van der Waals surface area contributed by atoms with Crippen molar-refractivity contribution in [1.82, 2.24) is 0 Å². The quantitative estimate of drug-likeness (QED) is 0.467. The Morgan fingerprint density at radius 3 is 2.57 bits per heavy atom. The molecule has 0 bridgehead atoms. The summed E-state index contributed by atoms with van der Waals surface area (Å²) in [6.07, 6.45) is 7.56. The molecule has 0 saturated carbocycles. The smallest absolute Gasteiger partial charge is 0.189 e. The number of quaternary nitrogens is 2. The van der Waals surface area contributed by atoms with Crippen molar-refractivity contribution in [3.8, 4) is 0 Å². The van der Waals surface area contributed by atoms with Crippen molar-refractivity contribution >= 4 is 6.21 Å². The molecule has 0 aliphatic carbocycles. The standard InChI is InChI=1S/C17H33N3O/c1-16(2)13-17(7-12-21-16,14-18-8-11-19(3)4)15-20-9-5-6-10-20/h14H,5-13,15H2,1-4H3/p+3/t17-/m1/s1. The molecule has 0 unspecified atom stereocenters. The van der Waals surface area contributed by atoms with E-state index in [1.54, 1.807) is 4.90 Å². The minimum atomic E-state index is 0.0163. The van der Waals surface area contributed by atoms with Gasteiger partial charge in [-0.1, -0.05) is 0 Å². The third-order valence-corrected chi connectivity index (χ3v) is 4.96. The summed E-state index contributed by atoms with van der Waals surface area (Å²) in [6, 6.07) is 0. The molecule has 21 heavy (non-hydrogen) atoms. The van der Waals surface area contributed by atoms with Crippen molar-refractivity contribution in [2.75, 3.05) is 53.4 Å². The van der Waals surface area contributed by atoms with Gasteiger partial charge in [-0.05, 0) is 26.7 Å². The fourth-order valence-corrected chi connectivity index (χ4v) is 4.00. The van der Waals surface area contributed by atoms with Crippen molar-refractivity contribution < 1.29 is 19.5 Å². The van der Waals surface area contributed by atoms with Crippen LogP contribution in [0.4, 0.5) is 0 Å². The van der Waals surface area contributed by atoms with Gasteiger partial charge in [-0.3, -0.25) is 0 Å². The summed E-state index contributed by atoms with van der Waals surface area (Å²) in [4.78, 5) is 6.92. The Hall–Kier alpha value is -0.450. The molecule has 2 aliphatic heterocycles. The number of hydrogen-bond donors (Lipinski definition) is 3. The highest BCUT2D eigenvalue weighted by molar-refractivity contribution is 5.60. The predicted molar refractivity (Wildman–Crippen MR) is 86.1 cm³/mol. The average molecular weight is 298 g/mol. The Morgan fingerprint density at radius 2 is 1.95 bits per heavy atom. The van der Waals surface area contributed by atoms with Crippen LogP contribution >= 0.6 is 0 Å². The van der Waals surface area contributed by atoms with Crippen LogP contribution in [0, 0.1) is 5.41 Å². The molecule has 0 radical (unpaired) electrons. The van der Waals surface area contributed by atoms with E-state index in [9.17, 15) is 0 Å². The molecule has 0 aromatic rings. The predicted octanol–water partition coefficient (Wildman–Crippen LogP) is -2.46. The van der Waals surface area contributed by atoms with Gasteiger partial charge in [-0.2, -0.15) is 0 Å². The largest absolute Gasteiger partial charge is 0.375 e. The first-order valence-corrected chi connectivity index (χ1v) is 8.75. The molecule has 0 amide bonds. The Morgan fingerprint density at radius 1 is 1.24 bits per heavy atom. The zero-order valence-electron chi connectivity index (χ0n) is 14.6. The average Bonchev–Trinajstić information content (AvgIpc) is 2.86. The number of likely N-dealkylation sites (tertiary alicyclic amines) is 1. The monoisotopic (exact) mass is 298 g/mol. The van der Waals surface area contributed by atoms with E-state index in [1.807, 2.05) is 0 Å². The number of ether oxygens (including phenoxy) is 1. The molecule has 0 aromatic heterocycles. The molecule has 4 heteroatoms. The Labute approximate surface area is 130 Å². The van der Waals surface area contributed by atoms with Crippen LogP contribution in [-0.4, -0.2) is 65.2 Å². The van der Waals surface area contributed by atoms with E-state index >= 15 is 0 Å². The SMILES string of the molecule is C[NH+](C)CC[NH+]=C[C@@]1(C[NH+]2CCCC2)CCOC(C)(C)C1. The number of hydrogen-bond acceptors (Lipinski definition) is 1. The van der Waals surface area contributed by atoms with E-state index in [4.69, 9.17) is 4.74 Å². The molecule has 2 aliphatic rings. The van der Waals surface area contributed by atoms with E-state index < -0.39 is 0 Å². The van der Waals surface area contributed by atoms with E-state index in [0.29, 0.717) is 5.41 Å². The summed E-state index contributed by atoms with van der Waals surface area (Å²) >= 11 is 0. The molecule has 1 atom stereocenters. The second-order valence-electron chi connectivity index (χ2n) is 8.09. The lowest BCUT2D eigenvalue weighted by Crippen LogP contribution is -3.12. The topological polar surface area (TPSA) is 32.1 Å². The molecule has 2 rings (SSSR count). The van der Waals surface area contributed by atoms with Gasteiger partial charge in [0.25, 0.3) is 0 Å². The van der Waals surface area contributed by atoms with Gasteiger partial charge in [0.05, 0.1) is 39.3 Å². The summed E-state index contributed by atoms with van der Waals surface area (Å²) in [7, 11) is 4.42. The lowest BCUT2D eigenvalue weighted by Gasteiger charge is -2.41. The molecule has 0 spiro atoms. The van der Waals surface area contributed by atoms with Crippen LogP contribution in [0.1, 0.15) is 39.5 Å². The third kappa shape index (κ3) is 5.35. The van der Waals surface area contributed by atoms with Crippen molar-refractivity contribution in [2.24, 2.45) is 5.41 Å². The maximum atomic E-state index is 5.97. The zero-order chi connectivity index (χ0) is 15.3. The Bertz CT molecular complexity index is 348. The second kappa shape index (κ2) is 7.21. The van der Waals surface area contributed by atoms with Crippen LogP contribution in [0.25, 0.3) is 0 Å². The van der Waals surface area contributed by atoms with E-state index in [0.717, 1.165) is 19.6 Å². The normalized spacial score (nSPS) is 30.5. The Kier molecular flexibility index (Phi) is 5.81. The minimum Gasteiger partial charge on any atom is -0.375 e. The summed E-state index contributed by atoms with van der Waals surface area (Å²) in [5, 5.41) is 0. The summed E-state index contributed by atoms with van der Waals surface area (Å²) < 4.78 is 5.97. The summed E-state index contributed by atoms with van der Waals surface area (Å²) in [5.41, 5.74) is 0.325. The maximum Gasteiger partial charge on any atom is 0.189 e. The number of likely N-dealkylation sites (N-methyl/N-ethyl adjacent to an activating group) is 1. The minimum absolute atomic E-state index is 0.0163. The van der Waals surface area contributed by atoms with Crippen LogP contribution < -0.4 is 14.8 Å². The van der Waals surface area contributed by atoms with Crippen LogP contribution in [0.3, 0.4) is 0 Å². The lowest BCUT2D eigenvalue weighted by atomic mass is 9.74. The molecule has 3 N–H and O–H groups in total. The highest BCUT2D eigenvalue weighted by atomic mass is 16.5. The molecule has 0 aromatic carbocycles. The summed E-state index contributed by atoms with van der Waals surface area (Å²) in [5.74, 6) is 0. The van der Waals surface area contributed by atoms with Gasteiger partial charge in [-0.15, -0.1) is 0 Å². The van der Waals surface area contributed by atoms with Gasteiger partial charge in [-0.25, -0.2) is 4.99 Å². The lowest BCUT2D eigenvalue weighted by molar-refractivity contribution is -0.893. The van der Waals surface area contributed by atoms with Crippen LogP contribution in [0.2, 0.25) is 0 Å². The van der Waals surface area contributed by atoms with Gasteiger partial charge >= 0.3 is 0 Å². The fraction of sp³-hybridized carbons (Fsp3) is 0.941. The first-order valence-electron chi connectivity index (χ1n) is 8.75. The number of nitrogens with one attached hydrogen (secondary N) is 3. The maximum absolute atomic E-state index is 5.97. The third-order valence-electron chi connectivity index (χ3n) is 4.96. The molecule has 2 fully saturated rings. The molecule has 122 valence electrons. The highest BCUT2D eigenvalue weighted by Gasteiger charge is 2.45. The molecule has 2 saturated heterocycles. The number of rotatable bonds is 6. The van der Waals surface area contributed by atoms with Gasteiger partial charge in [0, 0.05) is 19.4 Å². The molecular formula is C17H36N3O+3. The van der Waals surface area contributed by atoms with Crippen LogP contribution in [-0.2, 0) is 4.74 Å². The van der Waals surface area contributed by atoms with Crippen molar-refractivity contribution in [3.63, 3.8) is 0 Å². The first-order chi connectivity index (χ1) is 9.91. The van der Waals surface area contributed by atoms with E-state index in [1.165, 1.54) is 50.3 Å². The first kappa shape index (κ1) is 16.9.